The molecule has 6 nitrogen and oxygen atoms in total. The second-order valence-corrected chi connectivity index (χ2v) is 9.11. The molecule has 0 aromatic heterocycles. The van der Waals surface area contributed by atoms with Crippen LogP contribution in [-0.4, -0.2) is 36.7 Å². The SMILES string of the molecule is CCOc1ccc(N2C(=O)/C(=C/c3cc(Br)c(OCc4cccc(F)c4)c(OC)c3)N(C)C2=S)cc1. The summed E-state index contributed by atoms with van der Waals surface area (Å²) in [5.41, 5.74) is 2.47. The predicted molar refractivity (Wildman–Crippen MR) is 145 cm³/mol. The third kappa shape index (κ3) is 5.37. The first kappa shape index (κ1) is 25.7. The van der Waals surface area contributed by atoms with Crippen LogP contribution in [0.5, 0.6) is 17.2 Å². The summed E-state index contributed by atoms with van der Waals surface area (Å²) in [5.74, 6) is 1.09. The van der Waals surface area contributed by atoms with Gasteiger partial charge in [0.25, 0.3) is 5.91 Å². The summed E-state index contributed by atoms with van der Waals surface area (Å²) in [6.45, 7) is 2.64. The quantitative estimate of drug-likeness (QED) is 0.238. The van der Waals surface area contributed by atoms with Crippen molar-refractivity contribution in [1.29, 1.82) is 0 Å². The summed E-state index contributed by atoms with van der Waals surface area (Å²) in [5, 5.41) is 0.372. The van der Waals surface area contributed by atoms with E-state index in [1.807, 2.05) is 13.0 Å². The molecule has 3 aromatic rings. The van der Waals surface area contributed by atoms with Crippen LogP contribution in [0, 0.1) is 5.82 Å². The van der Waals surface area contributed by atoms with Gasteiger partial charge in [0.15, 0.2) is 16.6 Å². The summed E-state index contributed by atoms with van der Waals surface area (Å²) in [7, 11) is 3.28. The molecule has 3 aromatic carbocycles. The van der Waals surface area contributed by atoms with Crippen LogP contribution in [0.3, 0.4) is 0 Å². The predicted octanol–water partition coefficient (Wildman–Crippen LogP) is 6.18. The molecule has 1 fully saturated rings. The van der Waals surface area contributed by atoms with Crippen molar-refractivity contribution >= 4 is 50.9 Å². The van der Waals surface area contributed by atoms with E-state index in [-0.39, 0.29) is 18.3 Å². The van der Waals surface area contributed by atoms with Crippen molar-refractivity contribution < 1.29 is 23.4 Å². The highest BCUT2D eigenvalue weighted by atomic mass is 79.9. The van der Waals surface area contributed by atoms with Crippen molar-refractivity contribution in [3.8, 4) is 17.2 Å². The molecule has 0 bridgehead atoms. The molecule has 4 rings (SSSR count). The molecule has 0 aliphatic carbocycles. The van der Waals surface area contributed by atoms with Gasteiger partial charge in [0.1, 0.15) is 23.9 Å². The fraction of sp³-hybridized carbons (Fsp3) is 0.185. The number of ether oxygens (including phenoxy) is 3. The number of hydrogen-bond acceptors (Lipinski definition) is 5. The van der Waals surface area contributed by atoms with Gasteiger partial charge in [-0.2, -0.15) is 0 Å². The number of halogens is 2. The number of carbonyl (C=O) groups excluding carboxylic acids is 1. The Hall–Kier alpha value is -3.43. The number of benzene rings is 3. The molecule has 1 aliphatic rings. The molecular weight excluding hydrogens is 547 g/mol. The highest BCUT2D eigenvalue weighted by Crippen LogP contribution is 2.38. The lowest BCUT2D eigenvalue weighted by molar-refractivity contribution is -0.114. The highest BCUT2D eigenvalue weighted by molar-refractivity contribution is 9.10. The van der Waals surface area contributed by atoms with Gasteiger partial charge >= 0.3 is 0 Å². The van der Waals surface area contributed by atoms with Crippen LogP contribution in [-0.2, 0) is 11.4 Å². The van der Waals surface area contributed by atoms with E-state index in [2.05, 4.69) is 15.9 Å². The lowest BCUT2D eigenvalue weighted by Crippen LogP contribution is -2.31. The highest BCUT2D eigenvalue weighted by Gasteiger charge is 2.36. The topological polar surface area (TPSA) is 51.2 Å². The largest absolute Gasteiger partial charge is 0.494 e. The number of anilines is 1. The summed E-state index contributed by atoms with van der Waals surface area (Å²) < 4.78 is 31.1. The van der Waals surface area contributed by atoms with Crippen molar-refractivity contribution in [2.24, 2.45) is 0 Å². The Morgan fingerprint density at radius 3 is 2.50 bits per heavy atom. The molecular formula is C27H24BrFN2O4S. The maximum absolute atomic E-state index is 13.5. The van der Waals surface area contributed by atoms with E-state index in [0.29, 0.717) is 50.2 Å². The third-order valence-corrected chi connectivity index (χ3v) is 6.54. The lowest BCUT2D eigenvalue weighted by Gasteiger charge is -2.16. The Morgan fingerprint density at radius 1 is 1.08 bits per heavy atom. The number of amides is 1. The summed E-state index contributed by atoms with van der Waals surface area (Å²) in [6, 6.07) is 17.0. The second kappa shape index (κ2) is 11.1. The van der Waals surface area contributed by atoms with Crippen LogP contribution in [0.4, 0.5) is 10.1 Å². The van der Waals surface area contributed by atoms with Crippen LogP contribution < -0.4 is 19.1 Å². The average molecular weight is 571 g/mol. The smallest absolute Gasteiger partial charge is 0.281 e. The number of methoxy groups -OCH3 is 1. The number of hydrogen-bond donors (Lipinski definition) is 0. The molecule has 1 heterocycles. The van der Waals surface area contributed by atoms with E-state index in [1.54, 1.807) is 60.5 Å². The minimum Gasteiger partial charge on any atom is -0.494 e. The summed E-state index contributed by atoms with van der Waals surface area (Å²) in [6.07, 6.45) is 1.74. The first-order valence-corrected chi connectivity index (χ1v) is 12.3. The summed E-state index contributed by atoms with van der Waals surface area (Å²) >= 11 is 9.09. The molecule has 1 amide bonds. The van der Waals surface area contributed by atoms with E-state index < -0.39 is 0 Å². The first-order chi connectivity index (χ1) is 17.3. The zero-order chi connectivity index (χ0) is 25.8. The maximum Gasteiger partial charge on any atom is 0.281 e. The van der Waals surface area contributed by atoms with Gasteiger partial charge in [-0.05, 0) is 101 Å². The Balaban J connectivity index is 1.59. The minimum atomic E-state index is -0.327. The van der Waals surface area contributed by atoms with Gasteiger partial charge in [-0.25, -0.2) is 4.39 Å². The van der Waals surface area contributed by atoms with E-state index in [1.165, 1.54) is 24.1 Å². The van der Waals surface area contributed by atoms with Gasteiger partial charge < -0.3 is 19.1 Å². The molecule has 1 saturated heterocycles. The Labute approximate surface area is 223 Å². The van der Waals surface area contributed by atoms with Crippen molar-refractivity contribution in [2.45, 2.75) is 13.5 Å². The van der Waals surface area contributed by atoms with E-state index in [9.17, 15) is 9.18 Å². The number of carbonyl (C=O) groups is 1. The molecule has 0 spiro atoms. The third-order valence-electron chi connectivity index (χ3n) is 5.50. The monoisotopic (exact) mass is 570 g/mol. The fourth-order valence-electron chi connectivity index (χ4n) is 3.75. The molecule has 9 heteroatoms. The van der Waals surface area contributed by atoms with Crippen LogP contribution >= 0.6 is 28.1 Å². The number of thiocarbonyl (C=S) groups is 1. The number of nitrogens with zero attached hydrogens (tertiary/aromatic N) is 2. The van der Waals surface area contributed by atoms with Gasteiger partial charge in [-0.3, -0.25) is 9.69 Å². The van der Waals surface area contributed by atoms with Crippen molar-refractivity contribution in [2.75, 3.05) is 25.7 Å². The first-order valence-electron chi connectivity index (χ1n) is 11.1. The molecule has 0 unspecified atom stereocenters. The zero-order valence-corrected chi connectivity index (χ0v) is 22.4. The van der Waals surface area contributed by atoms with Gasteiger partial charge in [-0.15, -0.1) is 0 Å². The minimum absolute atomic E-state index is 0.166. The lowest BCUT2D eigenvalue weighted by atomic mass is 10.1. The molecule has 0 saturated carbocycles. The van der Waals surface area contributed by atoms with Crippen LogP contribution in [0.2, 0.25) is 0 Å². The number of rotatable bonds is 8. The molecule has 0 atom stereocenters. The fourth-order valence-corrected chi connectivity index (χ4v) is 4.61. The normalized spacial score (nSPS) is 14.5. The maximum atomic E-state index is 13.5. The zero-order valence-electron chi connectivity index (χ0n) is 20.0. The second-order valence-electron chi connectivity index (χ2n) is 7.89. The van der Waals surface area contributed by atoms with Crippen LogP contribution in [0.25, 0.3) is 6.08 Å². The molecule has 1 aliphatic heterocycles. The Morgan fingerprint density at radius 2 is 1.83 bits per heavy atom. The Kier molecular flexibility index (Phi) is 7.91. The van der Waals surface area contributed by atoms with E-state index in [0.717, 1.165) is 5.75 Å². The van der Waals surface area contributed by atoms with E-state index in [4.69, 9.17) is 26.4 Å². The molecule has 0 N–H and O–H groups in total. The van der Waals surface area contributed by atoms with Gasteiger partial charge in [-0.1, -0.05) is 12.1 Å². The van der Waals surface area contributed by atoms with Gasteiger partial charge in [0.2, 0.25) is 0 Å². The Bertz CT molecular complexity index is 1330. The molecule has 36 heavy (non-hydrogen) atoms. The average Bonchev–Trinajstić information content (AvgIpc) is 3.07. The van der Waals surface area contributed by atoms with Crippen molar-refractivity contribution in [1.82, 2.24) is 4.90 Å². The van der Waals surface area contributed by atoms with Gasteiger partial charge in [0, 0.05) is 7.05 Å². The van der Waals surface area contributed by atoms with E-state index >= 15 is 0 Å². The molecule has 186 valence electrons. The van der Waals surface area contributed by atoms with Crippen molar-refractivity contribution in [3.05, 3.63) is 87.8 Å². The van der Waals surface area contributed by atoms with Gasteiger partial charge in [0.05, 0.1) is 23.9 Å². The van der Waals surface area contributed by atoms with Crippen LogP contribution in [0.1, 0.15) is 18.1 Å². The van der Waals surface area contributed by atoms with Crippen molar-refractivity contribution in [3.63, 3.8) is 0 Å². The summed E-state index contributed by atoms with van der Waals surface area (Å²) in [4.78, 5) is 16.5. The molecule has 0 radical (unpaired) electrons. The van der Waals surface area contributed by atoms with Crippen LogP contribution in [0.15, 0.2) is 70.8 Å². The number of likely N-dealkylation sites (N-methyl/N-ethyl adjacent to an activating group) is 1. The standard InChI is InChI=1S/C27H24BrFN2O4S/c1-4-34-21-10-8-20(9-11-21)31-26(32)23(30(2)27(31)36)14-18-13-22(28)25(24(15-18)33-3)35-16-17-6-5-7-19(29)12-17/h5-15H,4,16H2,1-3H3/b23-14-.